The van der Waals surface area contributed by atoms with Gasteiger partial charge in [-0.05, 0) is 43.7 Å². The van der Waals surface area contributed by atoms with E-state index in [1.165, 1.54) is 18.5 Å². The fraction of sp³-hybridized carbons (Fsp3) is 0.217. The van der Waals surface area contributed by atoms with E-state index in [4.69, 9.17) is 4.74 Å². The maximum atomic E-state index is 13.4. The first-order valence-electron chi connectivity index (χ1n) is 10.1. The summed E-state index contributed by atoms with van der Waals surface area (Å²) in [5, 5.41) is 12.0. The van der Waals surface area contributed by atoms with Gasteiger partial charge in [0.1, 0.15) is 36.1 Å². The lowest BCUT2D eigenvalue weighted by Crippen LogP contribution is -2.09. The number of hydrogen-bond donors (Lipinski definition) is 1. The van der Waals surface area contributed by atoms with Gasteiger partial charge < -0.3 is 10.1 Å². The molecule has 0 bridgehead atoms. The highest BCUT2D eigenvalue weighted by Crippen LogP contribution is 2.30. The van der Waals surface area contributed by atoms with Gasteiger partial charge in [-0.1, -0.05) is 35.5 Å². The van der Waals surface area contributed by atoms with Crippen LogP contribution in [0.15, 0.2) is 67.0 Å². The van der Waals surface area contributed by atoms with Gasteiger partial charge in [-0.3, -0.25) is 0 Å². The second-order valence-corrected chi connectivity index (χ2v) is 6.98. The zero-order valence-corrected chi connectivity index (χ0v) is 17.4. The topological polar surface area (TPSA) is 77.8 Å². The minimum absolute atomic E-state index is 0.0620. The van der Waals surface area contributed by atoms with Crippen LogP contribution in [0.5, 0.6) is 0 Å². The monoisotopic (exact) mass is 418 g/mol. The second-order valence-electron chi connectivity index (χ2n) is 6.98. The van der Waals surface area contributed by atoms with Crippen LogP contribution in [0.25, 0.3) is 22.6 Å². The summed E-state index contributed by atoms with van der Waals surface area (Å²) in [6, 6.07) is 18.2. The van der Waals surface area contributed by atoms with Crippen LogP contribution in [0, 0.1) is 5.82 Å². The van der Waals surface area contributed by atoms with Crippen LogP contribution in [-0.4, -0.2) is 31.6 Å². The molecule has 0 amide bonds. The minimum Gasteiger partial charge on any atom is -0.363 e. The summed E-state index contributed by atoms with van der Waals surface area (Å²) in [7, 11) is 0. The Morgan fingerprint density at radius 1 is 1.06 bits per heavy atom. The molecule has 2 heterocycles. The molecule has 31 heavy (non-hydrogen) atoms. The third-order valence-electron chi connectivity index (χ3n) is 4.84. The molecule has 4 rings (SSSR count). The number of aromatic nitrogens is 5. The van der Waals surface area contributed by atoms with Crippen molar-refractivity contribution in [3.05, 3.63) is 78.4 Å². The molecule has 1 atom stereocenters. The van der Waals surface area contributed by atoms with Crippen LogP contribution in [0.3, 0.4) is 0 Å². The zero-order chi connectivity index (χ0) is 21.6. The molecule has 0 fully saturated rings. The molecule has 0 aliphatic rings. The van der Waals surface area contributed by atoms with Gasteiger partial charge >= 0.3 is 0 Å². The van der Waals surface area contributed by atoms with E-state index in [9.17, 15) is 4.39 Å². The molecule has 2 aromatic heterocycles. The van der Waals surface area contributed by atoms with Crippen molar-refractivity contribution < 1.29 is 9.13 Å². The molecule has 0 spiro atoms. The lowest BCUT2D eigenvalue weighted by Gasteiger charge is -2.15. The van der Waals surface area contributed by atoms with Crippen LogP contribution >= 0.6 is 0 Å². The summed E-state index contributed by atoms with van der Waals surface area (Å²) in [5.74, 6) is 0.367. The molecular weight excluding hydrogens is 395 g/mol. The summed E-state index contributed by atoms with van der Waals surface area (Å²) < 4.78 is 20.6. The average molecular weight is 418 g/mol. The van der Waals surface area contributed by atoms with Crippen molar-refractivity contribution in [2.75, 3.05) is 11.9 Å². The standard InChI is InChI=1S/C23H23FN6O/c1-3-31-15-30-23(22(28-29-30)18-9-11-19(24)12-10-18)20-13-21(26-14-25-20)27-16(2)17-7-5-4-6-8-17/h4-14,16H,3,15H2,1-2H3,(H,25,26,27). The Balaban J connectivity index is 1.70. The Hall–Kier alpha value is -3.65. The van der Waals surface area contributed by atoms with Crippen LogP contribution in [0.4, 0.5) is 10.2 Å². The number of nitrogens with zero attached hydrogens (tertiary/aromatic N) is 5. The third kappa shape index (κ3) is 4.75. The van der Waals surface area contributed by atoms with Crippen LogP contribution in [-0.2, 0) is 11.5 Å². The quantitative estimate of drug-likeness (QED) is 0.447. The van der Waals surface area contributed by atoms with Crippen LogP contribution < -0.4 is 5.32 Å². The van der Waals surface area contributed by atoms with Crippen molar-refractivity contribution in [3.8, 4) is 22.6 Å². The summed E-state index contributed by atoms with van der Waals surface area (Å²) in [6.45, 7) is 4.75. The Labute approximate surface area is 179 Å². The Kier molecular flexibility index (Phi) is 6.28. The number of anilines is 1. The number of halogens is 1. The van der Waals surface area contributed by atoms with E-state index >= 15 is 0 Å². The Morgan fingerprint density at radius 2 is 1.84 bits per heavy atom. The van der Waals surface area contributed by atoms with Gasteiger partial charge in [0.05, 0.1) is 5.69 Å². The maximum Gasteiger partial charge on any atom is 0.141 e. The number of ether oxygens (including phenoxy) is 1. The molecule has 0 saturated carbocycles. The molecule has 8 heteroatoms. The fourth-order valence-corrected chi connectivity index (χ4v) is 3.25. The molecule has 0 aliphatic carbocycles. The molecule has 1 unspecified atom stereocenters. The molecule has 0 aliphatic heterocycles. The summed E-state index contributed by atoms with van der Waals surface area (Å²) in [6.07, 6.45) is 1.50. The molecular formula is C23H23FN6O. The smallest absolute Gasteiger partial charge is 0.141 e. The van der Waals surface area contributed by atoms with Crippen LogP contribution in [0.1, 0.15) is 25.5 Å². The number of nitrogens with one attached hydrogen (secondary N) is 1. The largest absolute Gasteiger partial charge is 0.363 e. The highest BCUT2D eigenvalue weighted by molar-refractivity contribution is 5.77. The van der Waals surface area contributed by atoms with Gasteiger partial charge in [0.25, 0.3) is 0 Å². The minimum atomic E-state index is -0.310. The Morgan fingerprint density at radius 3 is 2.58 bits per heavy atom. The molecule has 2 aromatic carbocycles. The van der Waals surface area contributed by atoms with E-state index in [2.05, 4.69) is 44.7 Å². The van der Waals surface area contributed by atoms with Crippen molar-refractivity contribution in [1.29, 1.82) is 0 Å². The average Bonchev–Trinajstić information content (AvgIpc) is 3.23. The molecule has 4 aromatic rings. The van der Waals surface area contributed by atoms with E-state index in [0.29, 0.717) is 29.5 Å². The molecule has 0 radical (unpaired) electrons. The summed E-state index contributed by atoms with van der Waals surface area (Å²) >= 11 is 0. The first kappa shape index (κ1) is 20.6. The van der Waals surface area contributed by atoms with Crippen molar-refractivity contribution in [3.63, 3.8) is 0 Å². The highest BCUT2D eigenvalue weighted by Gasteiger charge is 2.19. The third-order valence-corrected chi connectivity index (χ3v) is 4.84. The highest BCUT2D eigenvalue weighted by atomic mass is 19.1. The van der Waals surface area contributed by atoms with Crippen LogP contribution in [0.2, 0.25) is 0 Å². The van der Waals surface area contributed by atoms with Gasteiger partial charge in [-0.15, -0.1) is 5.10 Å². The normalized spacial score (nSPS) is 12.0. The number of rotatable bonds is 8. The van der Waals surface area contributed by atoms with Crippen molar-refractivity contribution in [2.24, 2.45) is 0 Å². The second kappa shape index (κ2) is 9.44. The van der Waals surface area contributed by atoms with E-state index in [1.807, 2.05) is 31.2 Å². The molecule has 1 N–H and O–H groups in total. The predicted octanol–water partition coefficient (Wildman–Crippen LogP) is 4.71. The van der Waals surface area contributed by atoms with Crippen molar-refractivity contribution in [1.82, 2.24) is 25.0 Å². The number of benzene rings is 2. The van der Waals surface area contributed by atoms with Gasteiger partial charge in [-0.2, -0.15) is 0 Å². The van der Waals surface area contributed by atoms with Gasteiger partial charge in [0.15, 0.2) is 0 Å². The fourth-order valence-electron chi connectivity index (χ4n) is 3.25. The Bertz CT molecular complexity index is 1130. The van der Waals surface area contributed by atoms with Crippen molar-refractivity contribution >= 4 is 5.82 Å². The van der Waals surface area contributed by atoms with Gasteiger partial charge in [-0.25, -0.2) is 19.0 Å². The van der Waals surface area contributed by atoms with E-state index < -0.39 is 0 Å². The zero-order valence-electron chi connectivity index (χ0n) is 17.4. The lowest BCUT2D eigenvalue weighted by atomic mass is 10.1. The van der Waals surface area contributed by atoms with E-state index in [1.54, 1.807) is 16.8 Å². The van der Waals surface area contributed by atoms with E-state index in [0.717, 1.165) is 11.1 Å². The van der Waals surface area contributed by atoms with Gasteiger partial charge in [0.2, 0.25) is 0 Å². The SMILES string of the molecule is CCOCn1nnc(-c2ccc(F)cc2)c1-c1cc(NC(C)c2ccccc2)ncn1. The maximum absolute atomic E-state index is 13.4. The predicted molar refractivity (Wildman–Crippen MR) is 117 cm³/mol. The van der Waals surface area contributed by atoms with E-state index in [-0.39, 0.29) is 18.6 Å². The van der Waals surface area contributed by atoms with Gasteiger partial charge in [0, 0.05) is 24.3 Å². The molecule has 7 nitrogen and oxygen atoms in total. The molecule has 0 saturated heterocycles. The molecule has 158 valence electrons. The lowest BCUT2D eigenvalue weighted by molar-refractivity contribution is 0.0790. The summed E-state index contributed by atoms with van der Waals surface area (Å²) in [4.78, 5) is 8.82. The first-order valence-corrected chi connectivity index (χ1v) is 10.1. The first-order chi connectivity index (χ1) is 15.2. The number of hydrogen-bond acceptors (Lipinski definition) is 6. The van der Waals surface area contributed by atoms with Crippen molar-refractivity contribution in [2.45, 2.75) is 26.6 Å². The summed E-state index contributed by atoms with van der Waals surface area (Å²) in [5.41, 5.74) is 3.81.